The van der Waals surface area contributed by atoms with Gasteiger partial charge in [0.25, 0.3) is 0 Å². The molecule has 0 bridgehead atoms. The predicted molar refractivity (Wildman–Crippen MR) is 93.1 cm³/mol. The number of sulfonamides is 1. The van der Waals surface area contributed by atoms with Crippen molar-refractivity contribution < 1.29 is 13.5 Å². The topological polar surface area (TPSA) is 118 Å². The number of halogens is 1. The Balaban J connectivity index is 2.43. The second-order valence-electron chi connectivity index (χ2n) is 6.05. The van der Waals surface area contributed by atoms with Crippen molar-refractivity contribution in [1.29, 1.82) is 0 Å². The lowest BCUT2D eigenvalue weighted by Gasteiger charge is -2.18. The highest BCUT2D eigenvalue weighted by atomic mass is 35.5. The van der Waals surface area contributed by atoms with E-state index in [1.54, 1.807) is 6.07 Å². The van der Waals surface area contributed by atoms with Gasteiger partial charge in [-0.05, 0) is 38.5 Å². The number of anilines is 1. The zero-order chi connectivity index (χ0) is 18.1. The molecule has 9 heteroatoms. The van der Waals surface area contributed by atoms with Crippen molar-refractivity contribution >= 4 is 27.4 Å². The average Bonchev–Trinajstić information content (AvgIpc) is 2.48. The number of nitrogens with two attached hydrogens (primary N) is 1. The Kier molecular flexibility index (Phi) is 5.14. The molecule has 0 aliphatic heterocycles. The summed E-state index contributed by atoms with van der Waals surface area (Å²) >= 11 is 5.89. The molecule has 0 unspecified atom stereocenters. The fourth-order valence-electron chi connectivity index (χ4n) is 1.90. The minimum atomic E-state index is -3.77. The highest BCUT2D eigenvalue weighted by molar-refractivity contribution is 7.89. The molecule has 1 aromatic carbocycles. The van der Waals surface area contributed by atoms with Crippen LogP contribution in [0.4, 0.5) is 5.82 Å². The van der Waals surface area contributed by atoms with Crippen molar-refractivity contribution in [2.24, 2.45) is 0 Å². The second kappa shape index (κ2) is 6.64. The zero-order valence-electron chi connectivity index (χ0n) is 13.5. The molecule has 0 atom stereocenters. The number of aromatic nitrogens is 2. The fourth-order valence-corrected chi connectivity index (χ4v) is 3.27. The first-order chi connectivity index (χ1) is 11.0. The molecule has 2 rings (SSSR count). The van der Waals surface area contributed by atoms with E-state index in [4.69, 9.17) is 17.3 Å². The lowest BCUT2D eigenvalue weighted by molar-refractivity contribution is 0.0857. The molecule has 2 aromatic rings. The normalized spacial score (nSPS) is 12.4. The molecule has 1 aromatic heterocycles. The monoisotopic (exact) mass is 370 g/mol. The SMILES string of the molecule is Cc1ccc(S(=O)(=O)NCC(C)(C)O)cc1-c1cnc(N)c(Cl)n1. The molecule has 0 aliphatic rings. The third-order valence-electron chi connectivity index (χ3n) is 3.25. The summed E-state index contributed by atoms with van der Waals surface area (Å²) in [6, 6.07) is 4.64. The summed E-state index contributed by atoms with van der Waals surface area (Å²) in [7, 11) is -3.77. The number of hydrogen-bond acceptors (Lipinski definition) is 6. The molecule has 0 fully saturated rings. The van der Waals surface area contributed by atoms with E-state index < -0.39 is 15.6 Å². The average molecular weight is 371 g/mol. The van der Waals surface area contributed by atoms with Gasteiger partial charge in [0.2, 0.25) is 10.0 Å². The van der Waals surface area contributed by atoms with Crippen LogP contribution in [0.5, 0.6) is 0 Å². The number of nitrogen functional groups attached to an aromatic ring is 1. The van der Waals surface area contributed by atoms with Crippen LogP contribution in [0.3, 0.4) is 0 Å². The molecule has 0 radical (unpaired) electrons. The molecule has 7 nitrogen and oxygen atoms in total. The van der Waals surface area contributed by atoms with Crippen molar-refractivity contribution in [3.63, 3.8) is 0 Å². The molecule has 4 N–H and O–H groups in total. The van der Waals surface area contributed by atoms with Gasteiger partial charge in [0, 0.05) is 12.1 Å². The van der Waals surface area contributed by atoms with E-state index in [9.17, 15) is 13.5 Å². The first-order valence-electron chi connectivity index (χ1n) is 7.11. The quantitative estimate of drug-likeness (QED) is 0.737. The van der Waals surface area contributed by atoms with Crippen LogP contribution in [0, 0.1) is 6.92 Å². The van der Waals surface area contributed by atoms with Crippen molar-refractivity contribution in [2.45, 2.75) is 31.3 Å². The van der Waals surface area contributed by atoms with Crippen molar-refractivity contribution in [1.82, 2.24) is 14.7 Å². The highest BCUT2D eigenvalue weighted by Crippen LogP contribution is 2.26. The van der Waals surface area contributed by atoms with Gasteiger partial charge in [-0.25, -0.2) is 23.1 Å². The van der Waals surface area contributed by atoms with Crippen molar-refractivity contribution in [3.8, 4) is 11.3 Å². The molecule has 24 heavy (non-hydrogen) atoms. The van der Waals surface area contributed by atoms with Gasteiger partial charge in [-0.1, -0.05) is 17.7 Å². The van der Waals surface area contributed by atoms with Crippen molar-refractivity contribution in [2.75, 3.05) is 12.3 Å². The van der Waals surface area contributed by atoms with Crippen LogP contribution in [0.15, 0.2) is 29.3 Å². The van der Waals surface area contributed by atoms with Crippen LogP contribution < -0.4 is 10.5 Å². The van der Waals surface area contributed by atoms with Crippen molar-refractivity contribution in [3.05, 3.63) is 35.1 Å². The molecule has 0 amide bonds. The Morgan fingerprint density at radius 3 is 2.62 bits per heavy atom. The van der Waals surface area contributed by atoms with E-state index in [2.05, 4.69) is 14.7 Å². The molecule has 0 saturated carbocycles. The Labute approximate surface area is 146 Å². The van der Waals surface area contributed by atoms with Gasteiger partial charge in [-0.15, -0.1) is 0 Å². The Hall–Kier alpha value is -1.74. The largest absolute Gasteiger partial charge is 0.389 e. The third-order valence-corrected chi connectivity index (χ3v) is 4.92. The van der Waals surface area contributed by atoms with Gasteiger partial charge in [0.15, 0.2) is 11.0 Å². The van der Waals surface area contributed by atoms with E-state index in [1.807, 2.05) is 6.92 Å². The molecule has 130 valence electrons. The number of nitrogens with one attached hydrogen (secondary N) is 1. The lowest BCUT2D eigenvalue weighted by Crippen LogP contribution is -2.38. The van der Waals surface area contributed by atoms with E-state index in [-0.39, 0.29) is 22.4 Å². The third kappa shape index (κ3) is 4.41. The number of rotatable bonds is 5. The number of hydrogen-bond donors (Lipinski definition) is 3. The van der Waals surface area contributed by atoms with Gasteiger partial charge in [-0.3, -0.25) is 0 Å². The maximum absolute atomic E-state index is 12.4. The summed E-state index contributed by atoms with van der Waals surface area (Å²) in [5.74, 6) is 0.105. The lowest BCUT2D eigenvalue weighted by atomic mass is 10.1. The van der Waals surface area contributed by atoms with Crippen LogP contribution in [-0.4, -0.2) is 35.6 Å². The van der Waals surface area contributed by atoms with E-state index in [1.165, 1.54) is 32.2 Å². The molecular weight excluding hydrogens is 352 g/mol. The van der Waals surface area contributed by atoms with E-state index >= 15 is 0 Å². The van der Waals surface area contributed by atoms with Gasteiger partial charge < -0.3 is 10.8 Å². The summed E-state index contributed by atoms with van der Waals surface area (Å²) in [5, 5.41) is 9.75. The molecule has 0 aliphatic carbocycles. The Morgan fingerprint density at radius 1 is 1.38 bits per heavy atom. The van der Waals surface area contributed by atoms with Crippen LogP contribution in [0.1, 0.15) is 19.4 Å². The first kappa shape index (κ1) is 18.6. The maximum Gasteiger partial charge on any atom is 0.240 e. The van der Waals surface area contributed by atoms with Crippen LogP contribution >= 0.6 is 11.6 Å². The molecule has 0 spiro atoms. The summed E-state index contributed by atoms with van der Waals surface area (Å²) in [5.41, 5.74) is 6.21. The van der Waals surface area contributed by atoms with Gasteiger partial charge in [0.1, 0.15) is 0 Å². The van der Waals surface area contributed by atoms with Gasteiger partial charge >= 0.3 is 0 Å². The number of benzene rings is 1. The smallest absolute Gasteiger partial charge is 0.240 e. The molecular formula is C15H19ClN4O3S. The molecule has 1 heterocycles. The number of aliphatic hydroxyl groups is 1. The minimum Gasteiger partial charge on any atom is -0.389 e. The van der Waals surface area contributed by atoms with Crippen LogP contribution in [-0.2, 0) is 10.0 Å². The zero-order valence-corrected chi connectivity index (χ0v) is 15.1. The summed E-state index contributed by atoms with van der Waals surface area (Å²) in [6.07, 6.45) is 1.43. The standard InChI is InChI=1S/C15H19ClN4O3S/c1-9-4-5-10(24(22,23)19-8-15(2,3)21)6-11(9)12-7-18-14(17)13(16)20-12/h4-7,19,21H,8H2,1-3H3,(H2,17,18). The summed E-state index contributed by atoms with van der Waals surface area (Å²) in [6.45, 7) is 4.75. The van der Waals surface area contributed by atoms with E-state index in [0.717, 1.165) is 5.56 Å². The van der Waals surface area contributed by atoms with Crippen LogP contribution in [0.25, 0.3) is 11.3 Å². The van der Waals surface area contributed by atoms with E-state index in [0.29, 0.717) is 11.3 Å². The Morgan fingerprint density at radius 2 is 2.04 bits per heavy atom. The molecule has 0 saturated heterocycles. The maximum atomic E-state index is 12.4. The first-order valence-corrected chi connectivity index (χ1v) is 8.97. The van der Waals surface area contributed by atoms with Gasteiger partial charge in [-0.2, -0.15) is 0 Å². The Bertz CT molecular complexity index is 864. The summed E-state index contributed by atoms with van der Waals surface area (Å²) in [4.78, 5) is 8.13. The summed E-state index contributed by atoms with van der Waals surface area (Å²) < 4.78 is 27.2. The van der Waals surface area contributed by atoms with Gasteiger partial charge in [0.05, 0.1) is 22.4 Å². The minimum absolute atomic E-state index is 0.0558. The number of nitrogens with zero attached hydrogens (tertiary/aromatic N) is 2. The fraction of sp³-hybridized carbons (Fsp3) is 0.333. The second-order valence-corrected chi connectivity index (χ2v) is 8.17. The van der Waals surface area contributed by atoms with Crippen LogP contribution in [0.2, 0.25) is 5.15 Å². The highest BCUT2D eigenvalue weighted by Gasteiger charge is 2.21. The number of aryl methyl sites for hydroxylation is 1. The predicted octanol–water partition coefficient (Wildman–Crippen LogP) is 1.74.